The molecule has 1 amide bonds. The Balaban J connectivity index is 0.00000208. The van der Waals surface area contributed by atoms with Crippen LogP contribution in [0.5, 0.6) is 0 Å². The zero-order chi connectivity index (χ0) is 16.2. The second-order valence-corrected chi connectivity index (χ2v) is 6.63. The van der Waals surface area contributed by atoms with Gasteiger partial charge in [-0.05, 0) is 61.1 Å². The quantitative estimate of drug-likeness (QED) is 0.770. The Morgan fingerprint density at radius 2 is 1.88 bits per heavy atom. The van der Waals surface area contributed by atoms with Crippen LogP contribution in [0, 0.1) is 5.92 Å². The fourth-order valence-electron chi connectivity index (χ4n) is 2.66. The number of amides is 1. The zero-order valence-corrected chi connectivity index (χ0v) is 15.0. The van der Waals surface area contributed by atoms with Crippen molar-refractivity contribution < 1.29 is 4.79 Å². The minimum Gasteiger partial charge on any atom is -0.399 e. The third-order valence-electron chi connectivity index (χ3n) is 4.18. The number of nitrogen functional groups attached to an aromatic ring is 1. The van der Waals surface area contributed by atoms with E-state index in [1.54, 1.807) is 12.1 Å². The van der Waals surface area contributed by atoms with Crippen LogP contribution in [-0.4, -0.2) is 23.9 Å². The monoisotopic (exact) mass is 364 g/mol. The highest BCUT2D eigenvalue weighted by Crippen LogP contribution is 2.30. The number of carbonyl (C=O) groups is 1. The van der Waals surface area contributed by atoms with Crippen LogP contribution in [-0.2, 0) is 6.42 Å². The number of rotatable bonds is 6. The molecule has 2 aromatic carbocycles. The summed E-state index contributed by atoms with van der Waals surface area (Å²) in [5.41, 5.74) is 8.29. The SMILES string of the molecule is Cl.Nc1cccc(C(=O)N(CCc2ccc(Cl)cc2)CC2CC2)c1. The summed E-state index contributed by atoms with van der Waals surface area (Å²) in [6.07, 6.45) is 3.28. The van der Waals surface area contributed by atoms with Gasteiger partial charge in [-0.1, -0.05) is 29.8 Å². The minimum atomic E-state index is 0. The lowest BCUT2D eigenvalue weighted by Gasteiger charge is -2.23. The number of hydrogen-bond donors (Lipinski definition) is 1. The molecule has 1 aliphatic rings. The molecule has 0 bridgehead atoms. The molecular formula is C19H22Cl2N2O. The molecule has 0 aliphatic heterocycles. The van der Waals surface area contributed by atoms with Gasteiger partial charge in [0.1, 0.15) is 0 Å². The van der Waals surface area contributed by atoms with Crippen molar-refractivity contribution in [2.75, 3.05) is 18.8 Å². The van der Waals surface area contributed by atoms with E-state index in [1.165, 1.54) is 18.4 Å². The molecule has 2 N–H and O–H groups in total. The first-order valence-electron chi connectivity index (χ1n) is 8.01. The van der Waals surface area contributed by atoms with Gasteiger partial charge in [0.25, 0.3) is 5.91 Å². The Morgan fingerprint density at radius 3 is 2.50 bits per heavy atom. The van der Waals surface area contributed by atoms with Gasteiger partial charge < -0.3 is 10.6 Å². The van der Waals surface area contributed by atoms with Gasteiger partial charge in [-0.2, -0.15) is 0 Å². The molecule has 3 rings (SSSR count). The van der Waals surface area contributed by atoms with Crippen molar-refractivity contribution in [1.82, 2.24) is 4.90 Å². The van der Waals surface area contributed by atoms with E-state index in [2.05, 4.69) is 0 Å². The van der Waals surface area contributed by atoms with Crippen LogP contribution >= 0.6 is 24.0 Å². The molecule has 24 heavy (non-hydrogen) atoms. The van der Waals surface area contributed by atoms with E-state index in [-0.39, 0.29) is 18.3 Å². The van der Waals surface area contributed by atoms with E-state index in [9.17, 15) is 4.79 Å². The molecule has 128 valence electrons. The van der Waals surface area contributed by atoms with E-state index in [4.69, 9.17) is 17.3 Å². The summed E-state index contributed by atoms with van der Waals surface area (Å²) in [6.45, 7) is 1.55. The molecule has 0 aromatic heterocycles. The fraction of sp³-hybridized carbons (Fsp3) is 0.316. The van der Waals surface area contributed by atoms with Gasteiger partial charge in [0.2, 0.25) is 0 Å². The van der Waals surface area contributed by atoms with E-state index in [1.807, 2.05) is 41.3 Å². The van der Waals surface area contributed by atoms with Gasteiger partial charge in [0.15, 0.2) is 0 Å². The lowest BCUT2D eigenvalue weighted by Crippen LogP contribution is -2.34. The van der Waals surface area contributed by atoms with Gasteiger partial charge in [-0.25, -0.2) is 0 Å². The first-order chi connectivity index (χ1) is 11.1. The number of hydrogen-bond acceptors (Lipinski definition) is 2. The van der Waals surface area contributed by atoms with Gasteiger partial charge in [-0.3, -0.25) is 4.79 Å². The summed E-state index contributed by atoms with van der Waals surface area (Å²) in [6, 6.07) is 15.0. The topological polar surface area (TPSA) is 46.3 Å². The first kappa shape index (κ1) is 18.6. The standard InChI is InChI=1S/C19H21ClN2O.ClH/c20-17-8-6-14(7-9-17)10-11-22(13-15-4-5-15)19(23)16-2-1-3-18(21)12-16;/h1-3,6-9,12,15H,4-5,10-11,13,21H2;1H. The second-order valence-electron chi connectivity index (χ2n) is 6.20. The Morgan fingerprint density at radius 1 is 1.17 bits per heavy atom. The summed E-state index contributed by atoms with van der Waals surface area (Å²) >= 11 is 5.92. The molecular weight excluding hydrogens is 343 g/mol. The number of nitrogens with two attached hydrogens (primary N) is 1. The maximum absolute atomic E-state index is 12.8. The normalized spacial score (nSPS) is 13.2. The van der Waals surface area contributed by atoms with Crippen molar-refractivity contribution in [3.8, 4) is 0 Å². The Kier molecular flexibility index (Phi) is 6.52. The van der Waals surface area contributed by atoms with Crippen LogP contribution in [0.3, 0.4) is 0 Å². The average Bonchev–Trinajstić information content (AvgIpc) is 3.36. The number of anilines is 1. The molecule has 1 fully saturated rings. The highest BCUT2D eigenvalue weighted by molar-refractivity contribution is 6.30. The molecule has 1 aliphatic carbocycles. The molecule has 0 saturated heterocycles. The van der Waals surface area contributed by atoms with Crippen molar-refractivity contribution in [2.45, 2.75) is 19.3 Å². The van der Waals surface area contributed by atoms with Crippen molar-refractivity contribution in [2.24, 2.45) is 5.92 Å². The number of nitrogens with zero attached hydrogens (tertiary/aromatic N) is 1. The lowest BCUT2D eigenvalue weighted by atomic mass is 10.1. The van der Waals surface area contributed by atoms with Gasteiger partial charge in [-0.15, -0.1) is 12.4 Å². The predicted molar refractivity (Wildman–Crippen MR) is 102 cm³/mol. The molecule has 0 unspecified atom stereocenters. The second kappa shape index (κ2) is 8.41. The fourth-order valence-corrected chi connectivity index (χ4v) is 2.78. The Hall–Kier alpha value is -1.71. The van der Waals surface area contributed by atoms with Crippen LogP contribution in [0.15, 0.2) is 48.5 Å². The highest BCUT2D eigenvalue weighted by atomic mass is 35.5. The van der Waals surface area contributed by atoms with Crippen LogP contribution < -0.4 is 5.73 Å². The third kappa shape index (κ3) is 5.15. The van der Waals surface area contributed by atoms with Gasteiger partial charge in [0.05, 0.1) is 0 Å². The van der Waals surface area contributed by atoms with Gasteiger partial charge in [0, 0.05) is 29.4 Å². The van der Waals surface area contributed by atoms with E-state index in [0.29, 0.717) is 23.7 Å². The summed E-state index contributed by atoms with van der Waals surface area (Å²) in [5.74, 6) is 0.725. The maximum Gasteiger partial charge on any atom is 0.253 e. The molecule has 0 atom stereocenters. The molecule has 0 heterocycles. The lowest BCUT2D eigenvalue weighted by molar-refractivity contribution is 0.0749. The van der Waals surface area contributed by atoms with E-state index in [0.717, 1.165) is 18.0 Å². The van der Waals surface area contributed by atoms with E-state index < -0.39 is 0 Å². The zero-order valence-electron chi connectivity index (χ0n) is 13.5. The van der Waals surface area contributed by atoms with E-state index >= 15 is 0 Å². The molecule has 1 saturated carbocycles. The van der Waals surface area contributed by atoms with Crippen molar-refractivity contribution in [3.63, 3.8) is 0 Å². The number of benzene rings is 2. The molecule has 0 radical (unpaired) electrons. The molecule has 2 aromatic rings. The largest absolute Gasteiger partial charge is 0.399 e. The highest BCUT2D eigenvalue weighted by Gasteiger charge is 2.27. The third-order valence-corrected chi connectivity index (χ3v) is 4.43. The smallest absolute Gasteiger partial charge is 0.253 e. The van der Waals surface area contributed by atoms with Crippen molar-refractivity contribution in [1.29, 1.82) is 0 Å². The number of halogens is 2. The van der Waals surface area contributed by atoms with Crippen LogP contribution in [0.4, 0.5) is 5.69 Å². The summed E-state index contributed by atoms with van der Waals surface area (Å²) in [7, 11) is 0. The molecule has 5 heteroatoms. The summed E-state index contributed by atoms with van der Waals surface area (Å²) in [5, 5.41) is 0.736. The Labute approximate surface area is 154 Å². The molecule has 3 nitrogen and oxygen atoms in total. The summed E-state index contributed by atoms with van der Waals surface area (Å²) < 4.78 is 0. The predicted octanol–water partition coefficient (Wildman–Crippen LogP) is 4.44. The van der Waals surface area contributed by atoms with Crippen LogP contribution in [0.2, 0.25) is 5.02 Å². The average molecular weight is 365 g/mol. The summed E-state index contributed by atoms with van der Waals surface area (Å²) in [4.78, 5) is 14.7. The molecule has 0 spiro atoms. The maximum atomic E-state index is 12.8. The first-order valence-corrected chi connectivity index (χ1v) is 8.39. The van der Waals surface area contributed by atoms with Crippen LogP contribution in [0.25, 0.3) is 0 Å². The number of carbonyl (C=O) groups excluding carboxylic acids is 1. The van der Waals surface area contributed by atoms with Crippen molar-refractivity contribution >= 4 is 35.6 Å². The Bertz CT molecular complexity index is 684. The minimum absolute atomic E-state index is 0. The van der Waals surface area contributed by atoms with Crippen LogP contribution in [0.1, 0.15) is 28.8 Å². The van der Waals surface area contributed by atoms with Crippen molar-refractivity contribution in [3.05, 3.63) is 64.7 Å². The van der Waals surface area contributed by atoms with Gasteiger partial charge >= 0.3 is 0 Å².